The monoisotopic (exact) mass is 197 g/mol. The first-order valence-corrected chi connectivity index (χ1v) is 4.45. The van der Waals surface area contributed by atoms with Crippen molar-refractivity contribution < 1.29 is 9.21 Å². The van der Waals surface area contributed by atoms with E-state index in [-0.39, 0.29) is 11.8 Å². The molecule has 0 spiro atoms. The SMILES string of the molecule is Cc1cnc(C(=O)NCCN(C)C)o1. The van der Waals surface area contributed by atoms with Gasteiger partial charge in [-0.1, -0.05) is 0 Å². The Labute approximate surface area is 83.1 Å². The van der Waals surface area contributed by atoms with Gasteiger partial charge in [-0.25, -0.2) is 4.98 Å². The first-order valence-electron chi connectivity index (χ1n) is 4.45. The highest BCUT2D eigenvalue weighted by atomic mass is 16.4. The van der Waals surface area contributed by atoms with Gasteiger partial charge in [0.05, 0.1) is 6.20 Å². The zero-order valence-corrected chi connectivity index (χ0v) is 8.70. The van der Waals surface area contributed by atoms with Crippen molar-refractivity contribution >= 4 is 5.91 Å². The molecule has 5 nitrogen and oxygen atoms in total. The minimum Gasteiger partial charge on any atom is -0.438 e. The summed E-state index contributed by atoms with van der Waals surface area (Å²) in [6.07, 6.45) is 1.53. The third-order valence-corrected chi connectivity index (χ3v) is 1.66. The second-order valence-corrected chi connectivity index (χ2v) is 3.34. The molecule has 5 heteroatoms. The number of likely N-dealkylation sites (N-methyl/N-ethyl adjacent to an activating group) is 1. The van der Waals surface area contributed by atoms with Gasteiger partial charge in [-0.05, 0) is 21.0 Å². The second-order valence-electron chi connectivity index (χ2n) is 3.34. The molecule has 0 atom stereocenters. The summed E-state index contributed by atoms with van der Waals surface area (Å²) in [4.78, 5) is 17.2. The van der Waals surface area contributed by atoms with Crippen LogP contribution in [0.5, 0.6) is 0 Å². The van der Waals surface area contributed by atoms with Crippen LogP contribution < -0.4 is 5.32 Å². The van der Waals surface area contributed by atoms with Crippen LogP contribution in [0.15, 0.2) is 10.6 Å². The Morgan fingerprint density at radius 3 is 2.86 bits per heavy atom. The Bertz CT molecular complexity index is 307. The number of nitrogens with zero attached hydrogens (tertiary/aromatic N) is 2. The van der Waals surface area contributed by atoms with Crippen LogP contribution in [0, 0.1) is 6.92 Å². The van der Waals surface area contributed by atoms with Gasteiger partial charge in [-0.2, -0.15) is 0 Å². The first kappa shape index (κ1) is 10.7. The van der Waals surface area contributed by atoms with Crippen LogP contribution >= 0.6 is 0 Å². The Morgan fingerprint density at radius 2 is 2.36 bits per heavy atom. The van der Waals surface area contributed by atoms with Gasteiger partial charge in [0, 0.05) is 13.1 Å². The average Bonchev–Trinajstić information content (AvgIpc) is 2.51. The number of carbonyl (C=O) groups is 1. The van der Waals surface area contributed by atoms with E-state index in [1.165, 1.54) is 6.20 Å². The molecule has 14 heavy (non-hydrogen) atoms. The lowest BCUT2D eigenvalue weighted by Crippen LogP contribution is -2.31. The lowest BCUT2D eigenvalue weighted by molar-refractivity contribution is 0.0915. The fourth-order valence-electron chi connectivity index (χ4n) is 0.928. The van der Waals surface area contributed by atoms with E-state index < -0.39 is 0 Å². The van der Waals surface area contributed by atoms with E-state index in [2.05, 4.69) is 10.3 Å². The van der Waals surface area contributed by atoms with Gasteiger partial charge in [0.15, 0.2) is 0 Å². The van der Waals surface area contributed by atoms with Gasteiger partial charge in [0.25, 0.3) is 5.89 Å². The maximum absolute atomic E-state index is 11.4. The molecular formula is C9H15N3O2. The summed E-state index contributed by atoms with van der Waals surface area (Å²) in [7, 11) is 3.89. The molecular weight excluding hydrogens is 182 g/mol. The molecule has 1 rings (SSSR count). The third-order valence-electron chi connectivity index (χ3n) is 1.66. The second kappa shape index (κ2) is 4.76. The summed E-state index contributed by atoms with van der Waals surface area (Å²) in [6, 6.07) is 0. The Kier molecular flexibility index (Phi) is 3.64. The van der Waals surface area contributed by atoms with Crippen molar-refractivity contribution in [2.24, 2.45) is 0 Å². The Hall–Kier alpha value is -1.36. The number of rotatable bonds is 4. The van der Waals surface area contributed by atoms with Crippen LogP contribution in [0.25, 0.3) is 0 Å². The number of nitrogens with one attached hydrogen (secondary N) is 1. The topological polar surface area (TPSA) is 58.4 Å². The molecule has 0 fully saturated rings. The van der Waals surface area contributed by atoms with E-state index in [1.54, 1.807) is 6.92 Å². The number of hydrogen-bond donors (Lipinski definition) is 1. The van der Waals surface area contributed by atoms with Gasteiger partial charge < -0.3 is 14.6 Å². The van der Waals surface area contributed by atoms with Crippen molar-refractivity contribution in [1.82, 2.24) is 15.2 Å². The highest BCUT2D eigenvalue weighted by molar-refractivity contribution is 5.89. The van der Waals surface area contributed by atoms with Gasteiger partial charge >= 0.3 is 5.91 Å². The summed E-state index contributed by atoms with van der Waals surface area (Å²) >= 11 is 0. The van der Waals surface area contributed by atoms with E-state index >= 15 is 0 Å². The molecule has 0 bridgehead atoms. The molecule has 0 aliphatic heterocycles. The largest absolute Gasteiger partial charge is 0.438 e. The molecule has 1 amide bonds. The summed E-state index contributed by atoms with van der Waals surface area (Å²) in [6.45, 7) is 3.14. The summed E-state index contributed by atoms with van der Waals surface area (Å²) in [5, 5.41) is 2.71. The minimum atomic E-state index is -0.264. The lowest BCUT2D eigenvalue weighted by Gasteiger charge is -2.08. The normalized spacial score (nSPS) is 10.6. The molecule has 0 aliphatic rings. The first-order chi connectivity index (χ1) is 6.59. The average molecular weight is 197 g/mol. The molecule has 0 aliphatic carbocycles. The number of aryl methyl sites for hydroxylation is 1. The van der Waals surface area contributed by atoms with Crippen LogP contribution in [-0.2, 0) is 0 Å². The Balaban J connectivity index is 2.36. The number of oxazole rings is 1. The summed E-state index contributed by atoms with van der Waals surface area (Å²) in [5.41, 5.74) is 0. The van der Waals surface area contributed by atoms with Gasteiger partial charge in [0.1, 0.15) is 5.76 Å². The molecule has 0 saturated heterocycles. The molecule has 1 N–H and O–H groups in total. The highest BCUT2D eigenvalue weighted by Gasteiger charge is 2.10. The molecule has 1 aromatic heterocycles. The standard InChI is InChI=1S/C9H15N3O2/c1-7-6-11-9(14-7)8(13)10-4-5-12(2)3/h6H,4-5H2,1-3H3,(H,10,13). The zero-order chi connectivity index (χ0) is 10.6. The van der Waals surface area contributed by atoms with Crippen molar-refractivity contribution in [1.29, 1.82) is 0 Å². The minimum absolute atomic E-state index is 0.126. The smallest absolute Gasteiger partial charge is 0.307 e. The molecule has 0 unspecified atom stereocenters. The van der Waals surface area contributed by atoms with Gasteiger partial charge in [-0.15, -0.1) is 0 Å². The van der Waals surface area contributed by atoms with Crippen molar-refractivity contribution in [3.8, 4) is 0 Å². The fourth-order valence-corrected chi connectivity index (χ4v) is 0.928. The molecule has 0 saturated carbocycles. The predicted molar refractivity (Wildman–Crippen MR) is 52.1 cm³/mol. The highest BCUT2D eigenvalue weighted by Crippen LogP contribution is 2.00. The molecule has 0 radical (unpaired) electrons. The number of amides is 1. The third kappa shape index (κ3) is 3.18. The molecule has 1 aromatic rings. The Morgan fingerprint density at radius 1 is 1.64 bits per heavy atom. The van der Waals surface area contributed by atoms with Crippen molar-refractivity contribution in [2.75, 3.05) is 27.2 Å². The van der Waals surface area contributed by atoms with E-state index in [0.717, 1.165) is 6.54 Å². The van der Waals surface area contributed by atoms with E-state index in [1.807, 2.05) is 19.0 Å². The van der Waals surface area contributed by atoms with Crippen LogP contribution in [0.2, 0.25) is 0 Å². The van der Waals surface area contributed by atoms with E-state index in [4.69, 9.17) is 4.42 Å². The maximum atomic E-state index is 11.4. The fraction of sp³-hybridized carbons (Fsp3) is 0.556. The van der Waals surface area contributed by atoms with Crippen LogP contribution in [0.3, 0.4) is 0 Å². The van der Waals surface area contributed by atoms with E-state index in [9.17, 15) is 4.79 Å². The number of aromatic nitrogens is 1. The van der Waals surface area contributed by atoms with E-state index in [0.29, 0.717) is 12.3 Å². The van der Waals surface area contributed by atoms with Gasteiger partial charge in [-0.3, -0.25) is 4.79 Å². The van der Waals surface area contributed by atoms with Gasteiger partial charge in [0.2, 0.25) is 0 Å². The van der Waals surface area contributed by atoms with Crippen LogP contribution in [0.1, 0.15) is 16.4 Å². The molecule has 1 heterocycles. The van der Waals surface area contributed by atoms with Crippen molar-refractivity contribution in [3.63, 3.8) is 0 Å². The lowest BCUT2D eigenvalue weighted by atomic mass is 10.5. The van der Waals surface area contributed by atoms with Crippen LogP contribution in [-0.4, -0.2) is 43.0 Å². The number of carbonyl (C=O) groups excluding carboxylic acids is 1. The maximum Gasteiger partial charge on any atom is 0.307 e. The van der Waals surface area contributed by atoms with Crippen molar-refractivity contribution in [3.05, 3.63) is 17.8 Å². The number of hydrogen-bond acceptors (Lipinski definition) is 4. The molecule has 78 valence electrons. The molecule has 0 aromatic carbocycles. The van der Waals surface area contributed by atoms with Crippen molar-refractivity contribution in [2.45, 2.75) is 6.92 Å². The summed E-state index contributed by atoms with van der Waals surface area (Å²) < 4.78 is 5.07. The van der Waals surface area contributed by atoms with Crippen LogP contribution in [0.4, 0.5) is 0 Å². The zero-order valence-electron chi connectivity index (χ0n) is 8.70. The predicted octanol–water partition coefficient (Wildman–Crippen LogP) is 0.274. The quantitative estimate of drug-likeness (QED) is 0.753. The summed E-state index contributed by atoms with van der Waals surface area (Å²) in [5.74, 6) is 0.504.